The van der Waals surface area contributed by atoms with Gasteiger partial charge in [0, 0.05) is 23.3 Å². The van der Waals surface area contributed by atoms with E-state index < -0.39 is 12.0 Å². The molecule has 1 atom stereocenters. The van der Waals surface area contributed by atoms with E-state index >= 15 is 0 Å². The van der Waals surface area contributed by atoms with Crippen molar-refractivity contribution in [3.63, 3.8) is 0 Å². The van der Waals surface area contributed by atoms with E-state index in [2.05, 4.69) is 26.2 Å². The smallest absolute Gasteiger partial charge is 0.328 e. The van der Waals surface area contributed by atoms with Gasteiger partial charge in [-0.1, -0.05) is 29.9 Å². The molecule has 0 aliphatic heterocycles. The van der Waals surface area contributed by atoms with Gasteiger partial charge in [0.1, 0.15) is 6.04 Å². The van der Waals surface area contributed by atoms with Gasteiger partial charge < -0.3 is 10.1 Å². The zero-order chi connectivity index (χ0) is 17.9. The quantitative estimate of drug-likeness (QED) is 0.355. The lowest BCUT2D eigenvalue weighted by Gasteiger charge is -2.11. The van der Waals surface area contributed by atoms with Gasteiger partial charge in [-0.15, -0.1) is 0 Å². The van der Waals surface area contributed by atoms with Crippen molar-refractivity contribution in [1.29, 1.82) is 0 Å². The molecule has 130 valence electrons. The molecule has 0 aromatic heterocycles. The number of hydrogen-bond donors (Lipinski definition) is 1. The second-order valence-electron chi connectivity index (χ2n) is 5.35. The monoisotopic (exact) mass is 348 g/mol. The van der Waals surface area contributed by atoms with Gasteiger partial charge >= 0.3 is 5.97 Å². The third kappa shape index (κ3) is 7.53. The molecule has 1 N–H and O–H groups in total. The van der Waals surface area contributed by atoms with Gasteiger partial charge in [-0.3, -0.25) is 9.10 Å². The van der Waals surface area contributed by atoms with Crippen LogP contribution in [0.15, 0.2) is 24.3 Å². The number of ether oxygens (including phenoxy) is 1. The number of esters is 1. The number of rotatable bonds is 7. The molecule has 1 amide bonds. The van der Waals surface area contributed by atoms with Gasteiger partial charge in [-0.2, -0.15) is 0 Å². The molecule has 0 aliphatic carbocycles. The molecule has 0 bridgehead atoms. The molecular weight excluding hydrogens is 324 g/mol. The van der Waals surface area contributed by atoms with Crippen LogP contribution in [0.1, 0.15) is 35.7 Å². The Morgan fingerprint density at radius 1 is 1.38 bits per heavy atom. The van der Waals surface area contributed by atoms with Crippen molar-refractivity contribution >= 4 is 23.8 Å². The molecular formula is C18H24N2O3S. The summed E-state index contributed by atoms with van der Waals surface area (Å²) in [5.74, 6) is 6.43. The number of methoxy groups -OCH3 is 1. The fourth-order valence-electron chi connectivity index (χ4n) is 1.83. The van der Waals surface area contributed by atoms with E-state index in [0.717, 1.165) is 24.2 Å². The van der Waals surface area contributed by atoms with Crippen LogP contribution in [-0.2, 0) is 9.53 Å². The van der Waals surface area contributed by atoms with Gasteiger partial charge in [0.2, 0.25) is 0 Å². The molecule has 0 radical (unpaired) electrons. The van der Waals surface area contributed by atoms with Crippen LogP contribution in [0.4, 0.5) is 0 Å². The molecule has 0 unspecified atom stereocenters. The molecule has 0 saturated carbocycles. The van der Waals surface area contributed by atoms with Gasteiger partial charge in [0.05, 0.1) is 7.11 Å². The van der Waals surface area contributed by atoms with E-state index in [0.29, 0.717) is 5.56 Å². The Kier molecular flexibility index (Phi) is 8.98. The second-order valence-corrected chi connectivity index (χ2v) is 6.75. The molecule has 0 aliphatic rings. The molecule has 0 spiro atoms. The minimum Gasteiger partial charge on any atom is -0.467 e. The fraction of sp³-hybridized carbons (Fsp3) is 0.444. The van der Waals surface area contributed by atoms with E-state index in [4.69, 9.17) is 0 Å². The highest BCUT2D eigenvalue weighted by atomic mass is 32.2. The summed E-state index contributed by atoms with van der Waals surface area (Å²) >= 11 is 1.77. The molecule has 24 heavy (non-hydrogen) atoms. The van der Waals surface area contributed by atoms with Crippen LogP contribution in [0, 0.1) is 11.8 Å². The summed E-state index contributed by atoms with van der Waals surface area (Å²) in [7, 11) is 5.33. The van der Waals surface area contributed by atoms with Crippen molar-refractivity contribution in [3.8, 4) is 11.8 Å². The summed E-state index contributed by atoms with van der Waals surface area (Å²) in [6.45, 7) is 1.58. The summed E-state index contributed by atoms with van der Waals surface area (Å²) in [4.78, 5) is 23.5. The minimum atomic E-state index is -0.688. The maximum absolute atomic E-state index is 12.1. The van der Waals surface area contributed by atoms with E-state index in [-0.39, 0.29) is 5.91 Å². The number of amides is 1. The predicted molar refractivity (Wildman–Crippen MR) is 97.6 cm³/mol. The van der Waals surface area contributed by atoms with Crippen molar-refractivity contribution in [3.05, 3.63) is 35.4 Å². The second kappa shape index (κ2) is 10.7. The Bertz CT molecular complexity index is 620. The third-order valence-electron chi connectivity index (χ3n) is 3.06. The van der Waals surface area contributed by atoms with Crippen molar-refractivity contribution < 1.29 is 14.3 Å². The van der Waals surface area contributed by atoms with Gasteiger partial charge in [0.15, 0.2) is 0 Å². The van der Waals surface area contributed by atoms with Crippen molar-refractivity contribution in [2.24, 2.45) is 0 Å². The van der Waals surface area contributed by atoms with E-state index in [1.807, 2.05) is 20.2 Å². The third-order valence-corrected chi connectivity index (χ3v) is 4.04. The van der Waals surface area contributed by atoms with E-state index in [9.17, 15) is 9.59 Å². The van der Waals surface area contributed by atoms with Crippen LogP contribution in [0.25, 0.3) is 0 Å². The average Bonchev–Trinajstić information content (AvgIpc) is 2.57. The lowest BCUT2D eigenvalue weighted by atomic mass is 10.1. The fourth-order valence-corrected chi connectivity index (χ4v) is 2.46. The lowest BCUT2D eigenvalue weighted by Crippen LogP contribution is -2.39. The highest BCUT2D eigenvalue weighted by Crippen LogP contribution is 2.07. The van der Waals surface area contributed by atoms with Crippen molar-refractivity contribution in [1.82, 2.24) is 9.62 Å². The molecule has 1 rings (SSSR count). The van der Waals surface area contributed by atoms with Crippen LogP contribution in [0.5, 0.6) is 0 Å². The molecule has 0 saturated heterocycles. The first kappa shape index (κ1) is 20.1. The maximum atomic E-state index is 12.1. The van der Waals surface area contributed by atoms with E-state index in [1.54, 1.807) is 37.1 Å². The first-order valence-electron chi connectivity index (χ1n) is 7.72. The minimum absolute atomic E-state index is 0.320. The zero-order valence-electron chi connectivity index (χ0n) is 14.6. The summed E-state index contributed by atoms with van der Waals surface area (Å²) in [6, 6.07) is 6.37. The van der Waals surface area contributed by atoms with Crippen LogP contribution < -0.4 is 5.32 Å². The number of hydrogen-bond acceptors (Lipinski definition) is 5. The first-order chi connectivity index (χ1) is 11.4. The number of unbranched alkanes of at least 4 members (excludes halogenated alkanes) is 1. The first-order valence-corrected chi connectivity index (χ1v) is 8.66. The topological polar surface area (TPSA) is 58.6 Å². The lowest BCUT2D eigenvalue weighted by molar-refractivity contribution is -0.142. The Hall–Kier alpha value is -1.97. The molecule has 6 heteroatoms. The number of benzene rings is 1. The maximum Gasteiger partial charge on any atom is 0.328 e. The Morgan fingerprint density at radius 2 is 2.12 bits per heavy atom. The van der Waals surface area contributed by atoms with Crippen LogP contribution in [0.3, 0.4) is 0 Å². The standard InChI is InChI=1S/C18H24N2O3S/c1-14(18(22)23-4)19-17(21)16-11-8-10-15(13-16)9-6-5-7-12-24-20(2)3/h8,10-11,13-14H,5,7,12H2,1-4H3,(H,19,21)/t14-/m1/s1. The molecule has 0 heterocycles. The molecule has 1 aromatic rings. The van der Waals surface area contributed by atoms with E-state index in [1.165, 1.54) is 7.11 Å². The van der Waals surface area contributed by atoms with Crippen molar-refractivity contribution in [2.45, 2.75) is 25.8 Å². The predicted octanol–water partition coefficient (Wildman–Crippen LogP) is 2.32. The normalized spacial score (nSPS) is 11.4. The summed E-state index contributed by atoms with van der Waals surface area (Å²) in [5.41, 5.74) is 1.26. The summed E-state index contributed by atoms with van der Waals surface area (Å²) in [5, 5.41) is 2.60. The molecule has 5 nitrogen and oxygen atoms in total. The highest BCUT2D eigenvalue weighted by molar-refractivity contribution is 7.96. The van der Waals surface area contributed by atoms with Gasteiger partial charge in [0.25, 0.3) is 5.91 Å². The number of carbonyl (C=O) groups excluding carboxylic acids is 2. The van der Waals surface area contributed by atoms with Crippen LogP contribution in [0.2, 0.25) is 0 Å². The number of nitrogens with one attached hydrogen (secondary N) is 1. The average molecular weight is 348 g/mol. The van der Waals surface area contributed by atoms with Gasteiger partial charge in [-0.25, -0.2) is 4.79 Å². The summed E-state index contributed by atoms with van der Waals surface area (Å²) < 4.78 is 6.67. The Labute approximate surface area is 148 Å². The SMILES string of the molecule is COC(=O)[C@@H](C)NC(=O)c1cccc(C#CCCCSN(C)C)c1. The largest absolute Gasteiger partial charge is 0.467 e. The zero-order valence-corrected chi connectivity index (χ0v) is 15.4. The number of carbonyl (C=O) groups is 2. The Morgan fingerprint density at radius 3 is 2.79 bits per heavy atom. The van der Waals surface area contributed by atoms with Crippen molar-refractivity contribution in [2.75, 3.05) is 27.0 Å². The van der Waals surface area contributed by atoms with Crippen LogP contribution >= 0.6 is 11.9 Å². The molecule has 0 fully saturated rings. The van der Waals surface area contributed by atoms with Gasteiger partial charge in [-0.05, 0) is 45.6 Å². The number of nitrogens with zero attached hydrogens (tertiary/aromatic N) is 1. The highest BCUT2D eigenvalue weighted by Gasteiger charge is 2.16. The Balaban J connectivity index is 2.57. The molecule has 1 aromatic carbocycles. The van der Waals surface area contributed by atoms with Crippen LogP contribution in [-0.4, -0.2) is 49.2 Å². The summed E-state index contributed by atoms with van der Waals surface area (Å²) in [6.07, 6.45) is 1.84.